The Hall–Kier alpha value is -1.58. The summed E-state index contributed by atoms with van der Waals surface area (Å²) in [6, 6.07) is 6.43. The van der Waals surface area contributed by atoms with Gasteiger partial charge in [-0.25, -0.2) is 9.18 Å². The van der Waals surface area contributed by atoms with Crippen molar-refractivity contribution >= 4 is 11.7 Å². The minimum absolute atomic E-state index is 0.299. The van der Waals surface area contributed by atoms with Gasteiger partial charge >= 0.3 is 5.97 Å². The number of methoxy groups -OCH3 is 1. The summed E-state index contributed by atoms with van der Waals surface area (Å²) in [6.07, 6.45) is 3.38. The third-order valence-electron chi connectivity index (χ3n) is 4.02. The largest absolute Gasteiger partial charge is 0.467 e. The highest BCUT2D eigenvalue weighted by Crippen LogP contribution is 2.40. The van der Waals surface area contributed by atoms with E-state index in [0.29, 0.717) is 24.4 Å². The van der Waals surface area contributed by atoms with Crippen LogP contribution in [0, 0.1) is 11.7 Å². The van der Waals surface area contributed by atoms with Gasteiger partial charge in [0, 0.05) is 0 Å². The number of carbonyl (C=O) groups is 1. The lowest BCUT2D eigenvalue weighted by atomic mass is 9.94. The van der Waals surface area contributed by atoms with Crippen molar-refractivity contribution < 1.29 is 13.9 Å². The standard InChI is InChI=1S/C15H20FNO2/c1-3-11-8-9-15(10-11,14(18)19-2)17-13-7-5-4-6-12(13)16/h4-7,11,17H,3,8-10H2,1-2H3. The van der Waals surface area contributed by atoms with Gasteiger partial charge in [-0.3, -0.25) is 0 Å². The molecule has 1 fully saturated rings. The maximum atomic E-state index is 13.7. The van der Waals surface area contributed by atoms with Crippen molar-refractivity contribution in [1.29, 1.82) is 0 Å². The van der Waals surface area contributed by atoms with Crippen LogP contribution in [0.4, 0.5) is 10.1 Å². The fourth-order valence-corrected chi connectivity index (χ4v) is 2.86. The molecule has 0 aromatic heterocycles. The third kappa shape index (κ3) is 2.72. The van der Waals surface area contributed by atoms with Gasteiger partial charge in [0.15, 0.2) is 0 Å². The number of rotatable bonds is 4. The topological polar surface area (TPSA) is 38.3 Å². The van der Waals surface area contributed by atoms with E-state index in [-0.39, 0.29) is 11.8 Å². The minimum Gasteiger partial charge on any atom is -0.467 e. The smallest absolute Gasteiger partial charge is 0.331 e. The fourth-order valence-electron chi connectivity index (χ4n) is 2.86. The van der Waals surface area contributed by atoms with Gasteiger partial charge in [0.25, 0.3) is 0 Å². The fraction of sp³-hybridized carbons (Fsp3) is 0.533. The van der Waals surface area contributed by atoms with Gasteiger partial charge in [0.2, 0.25) is 0 Å². The Kier molecular flexibility index (Phi) is 4.08. The van der Waals surface area contributed by atoms with Crippen molar-refractivity contribution in [2.24, 2.45) is 5.92 Å². The lowest BCUT2D eigenvalue weighted by Crippen LogP contribution is -2.45. The predicted molar refractivity (Wildman–Crippen MR) is 72.4 cm³/mol. The van der Waals surface area contributed by atoms with E-state index in [0.717, 1.165) is 12.8 Å². The van der Waals surface area contributed by atoms with Crippen LogP contribution in [0.25, 0.3) is 0 Å². The summed E-state index contributed by atoms with van der Waals surface area (Å²) in [6.45, 7) is 2.11. The van der Waals surface area contributed by atoms with Crippen LogP contribution in [0.15, 0.2) is 24.3 Å². The normalized spacial score (nSPS) is 26.2. The van der Waals surface area contributed by atoms with Gasteiger partial charge in [-0.2, -0.15) is 0 Å². The van der Waals surface area contributed by atoms with Crippen LogP contribution in [0.1, 0.15) is 32.6 Å². The van der Waals surface area contributed by atoms with E-state index in [4.69, 9.17) is 4.74 Å². The Bertz CT molecular complexity index is 463. The SMILES string of the molecule is CCC1CCC(Nc2ccccc2F)(C(=O)OC)C1. The molecule has 2 atom stereocenters. The number of esters is 1. The minimum atomic E-state index is -0.780. The van der Waals surface area contributed by atoms with Crippen LogP contribution >= 0.6 is 0 Å². The quantitative estimate of drug-likeness (QED) is 0.848. The number of benzene rings is 1. The molecular weight excluding hydrogens is 245 g/mol. The molecule has 0 radical (unpaired) electrons. The highest BCUT2D eigenvalue weighted by atomic mass is 19.1. The maximum absolute atomic E-state index is 13.7. The van der Waals surface area contributed by atoms with Crippen molar-refractivity contribution in [1.82, 2.24) is 0 Å². The molecule has 0 aliphatic heterocycles. The average Bonchev–Trinajstić information content (AvgIpc) is 2.85. The van der Waals surface area contributed by atoms with Crippen LogP contribution in [0.5, 0.6) is 0 Å². The first-order valence-electron chi connectivity index (χ1n) is 6.72. The zero-order chi connectivity index (χ0) is 13.9. The zero-order valence-electron chi connectivity index (χ0n) is 11.4. The molecule has 0 saturated heterocycles. The number of nitrogens with one attached hydrogen (secondary N) is 1. The lowest BCUT2D eigenvalue weighted by molar-refractivity contribution is -0.145. The zero-order valence-corrected chi connectivity index (χ0v) is 11.4. The second-order valence-corrected chi connectivity index (χ2v) is 5.20. The molecule has 1 aliphatic carbocycles. The summed E-state index contributed by atoms with van der Waals surface area (Å²) in [5.41, 5.74) is -0.415. The molecule has 0 heterocycles. The van der Waals surface area contributed by atoms with E-state index >= 15 is 0 Å². The summed E-state index contributed by atoms with van der Waals surface area (Å²) in [4.78, 5) is 12.1. The maximum Gasteiger partial charge on any atom is 0.331 e. The van der Waals surface area contributed by atoms with Crippen LogP contribution < -0.4 is 5.32 Å². The molecule has 104 valence electrons. The van der Waals surface area contributed by atoms with Crippen molar-refractivity contribution in [2.75, 3.05) is 12.4 Å². The highest BCUT2D eigenvalue weighted by molar-refractivity contribution is 5.85. The first-order valence-corrected chi connectivity index (χ1v) is 6.72. The predicted octanol–water partition coefficient (Wildman–Crippen LogP) is 3.36. The number of para-hydroxylation sites is 1. The Balaban J connectivity index is 2.25. The summed E-state index contributed by atoms with van der Waals surface area (Å²) < 4.78 is 18.7. The third-order valence-corrected chi connectivity index (χ3v) is 4.02. The van der Waals surface area contributed by atoms with Crippen molar-refractivity contribution in [2.45, 2.75) is 38.1 Å². The molecule has 1 aromatic carbocycles. The second kappa shape index (κ2) is 5.59. The number of halogens is 1. The van der Waals surface area contributed by atoms with Crippen molar-refractivity contribution in [3.05, 3.63) is 30.1 Å². The monoisotopic (exact) mass is 265 g/mol. The Morgan fingerprint density at radius 1 is 1.53 bits per heavy atom. The molecule has 1 aromatic rings. The number of ether oxygens (including phenoxy) is 1. The molecule has 0 amide bonds. The molecule has 0 spiro atoms. The number of carbonyl (C=O) groups excluding carboxylic acids is 1. The van der Waals surface area contributed by atoms with Gasteiger partial charge in [0.05, 0.1) is 12.8 Å². The Morgan fingerprint density at radius 3 is 2.84 bits per heavy atom. The summed E-state index contributed by atoms with van der Waals surface area (Å²) in [7, 11) is 1.38. The second-order valence-electron chi connectivity index (χ2n) is 5.20. The van der Waals surface area contributed by atoms with Gasteiger partial charge in [-0.05, 0) is 37.3 Å². The summed E-state index contributed by atoms with van der Waals surface area (Å²) in [5, 5.41) is 3.09. The van der Waals surface area contributed by atoms with Crippen LogP contribution in [-0.4, -0.2) is 18.6 Å². The Labute approximate surface area is 113 Å². The lowest BCUT2D eigenvalue weighted by Gasteiger charge is -2.29. The van der Waals surface area contributed by atoms with E-state index in [1.165, 1.54) is 13.2 Å². The summed E-state index contributed by atoms with van der Waals surface area (Å²) in [5.74, 6) is -0.157. The van der Waals surface area contributed by atoms with Crippen LogP contribution in [0.3, 0.4) is 0 Å². The van der Waals surface area contributed by atoms with Gasteiger partial charge < -0.3 is 10.1 Å². The van der Waals surface area contributed by atoms with Gasteiger partial charge in [-0.1, -0.05) is 25.5 Å². The first-order chi connectivity index (χ1) is 9.11. The first kappa shape index (κ1) is 13.8. The molecule has 2 unspecified atom stereocenters. The average molecular weight is 265 g/mol. The molecule has 3 nitrogen and oxygen atoms in total. The van der Waals surface area contributed by atoms with Crippen molar-refractivity contribution in [3.8, 4) is 0 Å². The molecule has 4 heteroatoms. The molecular formula is C15H20FNO2. The molecule has 1 saturated carbocycles. The van der Waals surface area contributed by atoms with E-state index in [2.05, 4.69) is 12.2 Å². The van der Waals surface area contributed by atoms with Crippen molar-refractivity contribution in [3.63, 3.8) is 0 Å². The van der Waals surface area contributed by atoms with E-state index in [1.54, 1.807) is 18.2 Å². The number of hydrogen-bond donors (Lipinski definition) is 1. The number of anilines is 1. The molecule has 19 heavy (non-hydrogen) atoms. The van der Waals surface area contributed by atoms with E-state index in [9.17, 15) is 9.18 Å². The van der Waals surface area contributed by atoms with Gasteiger partial charge in [0.1, 0.15) is 11.4 Å². The molecule has 1 N–H and O–H groups in total. The number of hydrogen-bond acceptors (Lipinski definition) is 3. The molecule has 2 rings (SSSR count). The molecule has 1 aliphatic rings. The highest BCUT2D eigenvalue weighted by Gasteiger charge is 2.46. The summed E-state index contributed by atoms with van der Waals surface area (Å²) >= 11 is 0. The Morgan fingerprint density at radius 2 is 2.26 bits per heavy atom. The van der Waals surface area contributed by atoms with E-state index < -0.39 is 5.54 Å². The van der Waals surface area contributed by atoms with E-state index in [1.807, 2.05) is 0 Å². The van der Waals surface area contributed by atoms with Crippen LogP contribution in [-0.2, 0) is 9.53 Å². The molecule has 0 bridgehead atoms. The van der Waals surface area contributed by atoms with Crippen LogP contribution in [0.2, 0.25) is 0 Å². The van der Waals surface area contributed by atoms with Gasteiger partial charge in [-0.15, -0.1) is 0 Å².